The summed E-state index contributed by atoms with van der Waals surface area (Å²) in [6, 6.07) is 18.2. The highest BCUT2D eigenvalue weighted by molar-refractivity contribution is 5.76. The van der Waals surface area contributed by atoms with Gasteiger partial charge in [-0.15, -0.1) is 0 Å². The molecule has 0 bridgehead atoms. The molecule has 4 rings (SSSR count). The lowest BCUT2D eigenvalue weighted by atomic mass is 10.0. The first-order valence-corrected chi connectivity index (χ1v) is 10.9. The van der Waals surface area contributed by atoms with Crippen LogP contribution in [0.25, 0.3) is 0 Å². The van der Waals surface area contributed by atoms with Gasteiger partial charge in [-0.1, -0.05) is 36.4 Å². The maximum absolute atomic E-state index is 12.5. The highest BCUT2D eigenvalue weighted by Gasteiger charge is 2.30. The van der Waals surface area contributed by atoms with Crippen molar-refractivity contribution in [3.05, 3.63) is 65.2 Å². The zero-order valence-corrected chi connectivity index (χ0v) is 17.7. The second-order valence-electron chi connectivity index (χ2n) is 8.79. The number of rotatable bonds is 6. The van der Waals surface area contributed by atoms with Crippen molar-refractivity contribution in [2.24, 2.45) is 0 Å². The molecule has 29 heavy (non-hydrogen) atoms. The average Bonchev–Trinajstić information content (AvgIpc) is 3.17. The molecular weight excluding hydrogens is 358 g/mol. The number of nitrogens with one attached hydrogen (secondary N) is 1. The fourth-order valence-corrected chi connectivity index (χ4v) is 4.77. The third-order valence-electron chi connectivity index (χ3n) is 6.46. The predicted octanol–water partition coefficient (Wildman–Crippen LogP) is 3.43. The summed E-state index contributed by atoms with van der Waals surface area (Å²) in [5.41, 5.74) is 5.42. The number of fused-ring (bicyclic) bond motifs is 1. The highest BCUT2D eigenvalue weighted by atomic mass is 16.1. The summed E-state index contributed by atoms with van der Waals surface area (Å²) in [6.45, 7) is 2.14. The van der Waals surface area contributed by atoms with Crippen LogP contribution in [0.5, 0.6) is 0 Å². The van der Waals surface area contributed by atoms with Gasteiger partial charge in [-0.05, 0) is 67.5 Å². The molecule has 4 nitrogen and oxygen atoms in total. The van der Waals surface area contributed by atoms with E-state index in [-0.39, 0.29) is 11.9 Å². The SMILES string of the molecule is CN(C)c1ccc(CCC(=O)NC2CCCN(C3Cc4ccccc4C3)C2)cc1. The number of amides is 1. The van der Waals surface area contributed by atoms with Crippen LogP contribution in [0.15, 0.2) is 48.5 Å². The molecule has 2 aliphatic rings. The van der Waals surface area contributed by atoms with Crippen molar-refractivity contribution in [3.63, 3.8) is 0 Å². The van der Waals surface area contributed by atoms with Crippen LogP contribution in [0.4, 0.5) is 5.69 Å². The molecule has 0 aromatic heterocycles. The molecule has 0 radical (unpaired) electrons. The Morgan fingerprint density at radius 3 is 2.41 bits per heavy atom. The monoisotopic (exact) mass is 391 g/mol. The van der Waals surface area contributed by atoms with Crippen LogP contribution >= 0.6 is 0 Å². The number of carbonyl (C=O) groups is 1. The lowest BCUT2D eigenvalue weighted by molar-refractivity contribution is -0.122. The van der Waals surface area contributed by atoms with Crippen LogP contribution in [0.3, 0.4) is 0 Å². The van der Waals surface area contributed by atoms with Crippen molar-refractivity contribution in [3.8, 4) is 0 Å². The van der Waals surface area contributed by atoms with E-state index in [2.05, 4.69) is 63.6 Å². The standard InChI is InChI=1S/C25H33N3O/c1-27(2)23-12-9-19(10-13-23)11-14-25(29)26-22-8-5-15-28(18-22)24-16-20-6-3-4-7-21(20)17-24/h3-4,6-7,9-10,12-13,22,24H,5,8,11,14-18H2,1-2H3,(H,26,29). The number of carbonyl (C=O) groups excluding carboxylic acids is 1. The number of aryl methyl sites for hydroxylation is 1. The van der Waals surface area contributed by atoms with E-state index in [1.54, 1.807) is 0 Å². The van der Waals surface area contributed by atoms with Crippen LogP contribution in [0.1, 0.15) is 36.0 Å². The van der Waals surface area contributed by atoms with Crippen LogP contribution in [-0.2, 0) is 24.1 Å². The molecule has 1 saturated heterocycles. The summed E-state index contributed by atoms with van der Waals surface area (Å²) in [6.07, 6.45) is 5.93. The van der Waals surface area contributed by atoms with Crippen LogP contribution < -0.4 is 10.2 Å². The summed E-state index contributed by atoms with van der Waals surface area (Å²) in [4.78, 5) is 17.2. The minimum atomic E-state index is 0.184. The van der Waals surface area contributed by atoms with E-state index < -0.39 is 0 Å². The Labute approximate surface area is 174 Å². The van der Waals surface area contributed by atoms with Crippen molar-refractivity contribution >= 4 is 11.6 Å². The predicted molar refractivity (Wildman–Crippen MR) is 119 cm³/mol. The Kier molecular flexibility index (Phi) is 6.19. The van der Waals surface area contributed by atoms with E-state index in [0.717, 1.165) is 38.8 Å². The third kappa shape index (κ3) is 4.99. The zero-order chi connectivity index (χ0) is 20.2. The largest absolute Gasteiger partial charge is 0.378 e. The molecule has 1 heterocycles. The topological polar surface area (TPSA) is 35.6 Å². The highest BCUT2D eigenvalue weighted by Crippen LogP contribution is 2.27. The van der Waals surface area contributed by atoms with Gasteiger partial charge in [-0.3, -0.25) is 9.69 Å². The maximum atomic E-state index is 12.5. The van der Waals surface area contributed by atoms with Crippen LogP contribution in [0.2, 0.25) is 0 Å². The van der Waals surface area contributed by atoms with E-state index in [1.807, 2.05) is 14.1 Å². The number of benzene rings is 2. The Hall–Kier alpha value is -2.33. The van der Waals surface area contributed by atoms with Crippen molar-refractivity contribution in [2.75, 3.05) is 32.1 Å². The Morgan fingerprint density at radius 1 is 1.07 bits per heavy atom. The van der Waals surface area contributed by atoms with Gasteiger partial charge in [-0.25, -0.2) is 0 Å². The van der Waals surface area contributed by atoms with Crippen molar-refractivity contribution in [2.45, 2.75) is 50.6 Å². The molecule has 1 atom stereocenters. The first-order valence-electron chi connectivity index (χ1n) is 10.9. The van der Waals surface area contributed by atoms with Gasteiger partial charge < -0.3 is 10.2 Å². The molecule has 0 spiro atoms. The lowest BCUT2D eigenvalue weighted by Gasteiger charge is -2.37. The van der Waals surface area contributed by atoms with Gasteiger partial charge in [0, 0.05) is 44.8 Å². The number of anilines is 1. The quantitative estimate of drug-likeness (QED) is 0.819. The van der Waals surface area contributed by atoms with E-state index >= 15 is 0 Å². The molecule has 1 N–H and O–H groups in total. The molecule has 1 fully saturated rings. The van der Waals surface area contributed by atoms with Gasteiger partial charge >= 0.3 is 0 Å². The maximum Gasteiger partial charge on any atom is 0.220 e. The molecular formula is C25H33N3O. The molecule has 2 aromatic rings. The fourth-order valence-electron chi connectivity index (χ4n) is 4.77. The molecule has 154 valence electrons. The second-order valence-corrected chi connectivity index (χ2v) is 8.79. The summed E-state index contributed by atoms with van der Waals surface area (Å²) in [7, 11) is 4.08. The molecule has 2 aromatic carbocycles. The zero-order valence-electron chi connectivity index (χ0n) is 17.7. The number of likely N-dealkylation sites (tertiary alicyclic amines) is 1. The first kappa shape index (κ1) is 20.0. The second kappa shape index (κ2) is 9.00. The molecule has 1 aliphatic carbocycles. The van der Waals surface area contributed by atoms with E-state index in [9.17, 15) is 4.79 Å². The molecule has 0 saturated carbocycles. The summed E-state index contributed by atoms with van der Waals surface area (Å²) in [5, 5.41) is 3.30. The van der Waals surface area contributed by atoms with Gasteiger partial charge in [0.1, 0.15) is 0 Å². The van der Waals surface area contributed by atoms with Crippen molar-refractivity contribution in [1.82, 2.24) is 10.2 Å². The van der Waals surface area contributed by atoms with Gasteiger partial charge in [0.15, 0.2) is 0 Å². The summed E-state index contributed by atoms with van der Waals surface area (Å²) < 4.78 is 0. The molecule has 1 aliphatic heterocycles. The minimum Gasteiger partial charge on any atom is -0.378 e. The average molecular weight is 392 g/mol. The van der Waals surface area contributed by atoms with Gasteiger partial charge in [0.05, 0.1) is 0 Å². The summed E-state index contributed by atoms with van der Waals surface area (Å²) in [5.74, 6) is 0.184. The van der Waals surface area contributed by atoms with E-state index in [0.29, 0.717) is 12.5 Å². The van der Waals surface area contributed by atoms with E-state index in [1.165, 1.54) is 28.8 Å². The lowest BCUT2D eigenvalue weighted by Crippen LogP contribution is -2.51. The van der Waals surface area contributed by atoms with Gasteiger partial charge in [0.25, 0.3) is 0 Å². The number of hydrogen-bond donors (Lipinski definition) is 1. The Morgan fingerprint density at radius 2 is 1.76 bits per heavy atom. The van der Waals surface area contributed by atoms with Gasteiger partial charge in [-0.2, -0.15) is 0 Å². The Bertz CT molecular complexity index is 805. The van der Waals surface area contributed by atoms with Crippen molar-refractivity contribution < 1.29 is 4.79 Å². The minimum absolute atomic E-state index is 0.184. The summed E-state index contributed by atoms with van der Waals surface area (Å²) >= 11 is 0. The van der Waals surface area contributed by atoms with E-state index in [4.69, 9.17) is 0 Å². The first-order chi connectivity index (χ1) is 14.1. The third-order valence-corrected chi connectivity index (χ3v) is 6.46. The number of piperidine rings is 1. The number of hydrogen-bond acceptors (Lipinski definition) is 3. The molecule has 1 unspecified atom stereocenters. The number of nitrogens with zero attached hydrogens (tertiary/aromatic N) is 2. The molecule has 4 heteroatoms. The van der Waals surface area contributed by atoms with Crippen LogP contribution in [-0.4, -0.2) is 50.1 Å². The normalized spacial score (nSPS) is 19.7. The van der Waals surface area contributed by atoms with Crippen molar-refractivity contribution in [1.29, 1.82) is 0 Å². The van der Waals surface area contributed by atoms with Crippen LogP contribution in [0, 0.1) is 0 Å². The fraction of sp³-hybridized carbons (Fsp3) is 0.480. The molecule has 1 amide bonds. The van der Waals surface area contributed by atoms with Gasteiger partial charge in [0.2, 0.25) is 5.91 Å². The smallest absolute Gasteiger partial charge is 0.220 e. The Balaban J connectivity index is 1.24.